The third-order valence-corrected chi connectivity index (χ3v) is 5.13. The highest BCUT2D eigenvalue weighted by molar-refractivity contribution is 5.99. The first-order valence-electron chi connectivity index (χ1n) is 9.76. The normalized spacial score (nSPS) is 12.6. The van der Waals surface area contributed by atoms with Crippen molar-refractivity contribution in [2.24, 2.45) is 0 Å². The van der Waals surface area contributed by atoms with Crippen LogP contribution in [0, 0.1) is 6.92 Å². The summed E-state index contributed by atoms with van der Waals surface area (Å²) < 4.78 is 44.5. The molecule has 3 aromatic rings. The van der Waals surface area contributed by atoms with Crippen molar-refractivity contribution >= 4 is 16.8 Å². The number of carbonyl (C=O) groups excluding carboxylic acids is 1. The average molecular weight is 432 g/mol. The van der Waals surface area contributed by atoms with E-state index in [4.69, 9.17) is 4.74 Å². The van der Waals surface area contributed by atoms with Crippen molar-refractivity contribution in [1.29, 1.82) is 0 Å². The lowest BCUT2D eigenvalue weighted by Crippen LogP contribution is -2.36. The number of carbonyl (C=O) groups is 1. The molecule has 2 aromatic carbocycles. The summed E-state index contributed by atoms with van der Waals surface area (Å²) >= 11 is 0. The predicted molar refractivity (Wildman–Crippen MR) is 112 cm³/mol. The Morgan fingerprint density at radius 1 is 1.19 bits per heavy atom. The predicted octanol–water partition coefficient (Wildman–Crippen LogP) is 4.74. The number of nitrogens with one attached hydrogen (secondary N) is 1. The highest BCUT2D eigenvalue weighted by atomic mass is 19.4. The van der Waals surface area contributed by atoms with Crippen LogP contribution in [0.5, 0.6) is 5.75 Å². The lowest BCUT2D eigenvalue weighted by atomic mass is 10.0. The van der Waals surface area contributed by atoms with Gasteiger partial charge in [0.15, 0.2) is 0 Å². The molecular formula is C23H23F3N2O3. The minimum atomic E-state index is -4.43. The Balaban J connectivity index is 2.07. The number of benzene rings is 2. The van der Waals surface area contributed by atoms with E-state index in [0.29, 0.717) is 45.5 Å². The number of hydrogen-bond donors (Lipinski definition) is 2. The van der Waals surface area contributed by atoms with E-state index in [0.717, 1.165) is 12.1 Å². The van der Waals surface area contributed by atoms with Gasteiger partial charge in [-0.25, -0.2) is 4.98 Å². The van der Waals surface area contributed by atoms with Gasteiger partial charge in [0, 0.05) is 22.6 Å². The number of hydrogen-bond acceptors (Lipinski definition) is 4. The van der Waals surface area contributed by atoms with Crippen LogP contribution < -0.4 is 10.1 Å². The molecule has 3 rings (SSSR count). The van der Waals surface area contributed by atoms with Gasteiger partial charge in [-0.05, 0) is 49.2 Å². The molecule has 0 aliphatic heterocycles. The van der Waals surface area contributed by atoms with Gasteiger partial charge < -0.3 is 15.2 Å². The number of aliphatic hydroxyl groups excluding tert-OH is 1. The smallest absolute Gasteiger partial charge is 0.416 e. The minimum Gasteiger partial charge on any atom is -0.496 e. The van der Waals surface area contributed by atoms with E-state index in [1.54, 1.807) is 31.2 Å². The van der Waals surface area contributed by atoms with Gasteiger partial charge in [-0.15, -0.1) is 0 Å². The lowest BCUT2D eigenvalue weighted by molar-refractivity contribution is -0.137. The molecule has 0 aliphatic carbocycles. The molecule has 8 heteroatoms. The maximum Gasteiger partial charge on any atom is 0.416 e. The van der Waals surface area contributed by atoms with Crippen LogP contribution in [0.3, 0.4) is 0 Å². The van der Waals surface area contributed by atoms with Crippen molar-refractivity contribution in [2.75, 3.05) is 13.7 Å². The van der Waals surface area contributed by atoms with Gasteiger partial charge in [0.25, 0.3) is 5.91 Å². The van der Waals surface area contributed by atoms with E-state index in [1.165, 1.54) is 13.2 Å². The quantitative estimate of drug-likeness (QED) is 0.590. The number of fused-ring (bicyclic) bond motifs is 1. The first-order valence-corrected chi connectivity index (χ1v) is 9.76. The van der Waals surface area contributed by atoms with Crippen LogP contribution in [0.4, 0.5) is 13.2 Å². The summed E-state index contributed by atoms with van der Waals surface area (Å²) in [5.41, 5.74) is 1.50. The van der Waals surface area contributed by atoms with Crippen LogP contribution in [0.2, 0.25) is 0 Å². The molecule has 0 aliphatic rings. The summed E-state index contributed by atoms with van der Waals surface area (Å²) in [6, 6.07) is 9.73. The molecule has 0 radical (unpaired) electrons. The molecule has 1 atom stereocenters. The number of aromatic nitrogens is 1. The second-order valence-electron chi connectivity index (χ2n) is 7.23. The number of ether oxygens (including phenoxy) is 1. The Morgan fingerprint density at radius 3 is 2.52 bits per heavy atom. The second kappa shape index (κ2) is 8.93. The summed E-state index contributed by atoms with van der Waals surface area (Å²) in [5.74, 6) is 0.146. The van der Waals surface area contributed by atoms with Crippen LogP contribution in [-0.4, -0.2) is 35.8 Å². The Kier molecular flexibility index (Phi) is 6.50. The number of pyridine rings is 1. The lowest BCUT2D eigenvalue weighted by Gasteiger charge is -2.15. The highest BCUT2D eigenvalue weighted by Crippen LogP contribution is 2.35. The van der Waals surface area contributed by atoms with Gasteiger partial charge >= 0.3 is 6.18 Å². The molecular weight excluding hydrogens is 409 g/mol. The summed E-state index contributed by atoms with van der Waals surface area (Å²) in [7, 11) is 1.49. The maximum atomic E-state index is 13.0. The van der Waals surface area contributed by atoms with E-state index in [1.807, 2.05) is 6.92 Å². The minimum absolute atomic E-state index is 0.167. The molecule has 0 saturated heterocycles. The number of nitrogens with zero attached hydrogens (tertiary/aromatic N) is 1. The Hall–Kier alpha value is -3.13. The third-order valence-electron chi connectivity index (χ3n) is 5.13. The number of halogens is 3. The van der Waals surface area contributed by atoms with Crippen molar-refractivity contribution in [2.45, 2.75) is 32.5 Å². The molecule has 1 heterocycles. The zero-order chi connectivity index (χ0) is 22.8. The summed E-state index contributed by atoms with van der Waals surface area (Å²) in [6.07, 6.45) is -3.84. The fourth-order valence-corrected chi connectivity index (χ4v) is 3.32. The molecule has 0 spiro atoms. The zero-order valence-electron chi connectivity index (χ0n) is 17.4. The molecule has 1 aromatic heterocycles. The molecule has 5 nitrogen and oxygen atoms in total. The number of aliphatic hydroxyl groups is 1. The van der Waals surface area contributed by atoms with Gasteiger partial charge in [0.05, 0.1) is 36.5 Å². The van der Waals surface area contributed by atoms with Crippen molar-refractivity contribution in [3.63, 3.8) is 0 Å². The van der Waals surface area contributed by atoms with E-state index in [-0.39, 0.29) is 18.6 Å². The van der Waals surface area contributed by atoms with Gasteiger partial charge in [0.2, 0.25) is 0 Å². The van der Waals surface area contributed by atoms with Crippen molar-refractivity contribution in [3.05, 3.63) is 59.2 Å². The van der Waals surface area contributed by atoms with Crippen LogP contribution in [-0.2, 0) is 6.18 Å². The Morgan fingerprint density at radius 2 is 1.94 bits per heavy atom. The van der Waals surface area contributed by atoms with Gasteiger partial charge in [-0.1, -0.05) is 13.0 Å². The summed E-state index contributed by atoms with van der Waals surface area (Å²) in [5, 5.41) is 12.7. The van der Waals surface area contributed by atoms with Crippen LogP contribution >= 0.6 is 0 Å². The molecule has 2 N–H and O–H groups in total. The first kappa shape index (κ1) is 22.6. The highest BCUT2D eigenvalue weighted by Gasteiger charge is 2.30. The average Bonchev–Trinajstić information content (AvgIpc) is 2.75. The standard InChI is InChI=1S/C23H23F3N2O3/c1-4-16(12-29)27-22(30)14-5-7-18-19(10-14)28-20(11-21(18)31-3)17-8-6-15(9-13(17)2)23(24,25)26/h5-11,16,29H,4,12H2,1-3H3,(H,27,30). The topological polar surface area (TPSA) is 71.5 Å². The number of methoxy groups -OCH3 is 1. The van der Waals surface area contributed by atoms with E-state index in [2.05, 4.69) is 10.3 Å². The van der Waals surface area contributed by atoms with Crippen molar-refractivity contribution < 1.29 is 27.8 Å². The number of aryl methyl sites for hydroxylation is 1. The molecule has 1 amide bonds. The zero-order valence-corrected chi connectivity index (χ0v) is 17.4. The molecule has 164 valence electrons. The van der Waals surface area contributed by atoms with Gasteiger partial charge in [0.1, 0.15) is 5.75 Å². The van der Waals surface area contributed by atoms with E-state index < -0.39 is 11.7 Å². The third kappa shape index (κ3) is 4.80. The monoisotopic (exact) mass is 432 g/mol. The van der Waals surface area contributed by atoms with Crippen molar-refractivity contribution in [3.8, 4) is 17.0 Å². The van der Waals surface area contributed by atoms with E-state index in [9.17, 15) is 23.1 Å². The molecule has 0 saturated carbocycles. The largest absolute Gasteiger partial charge is 0.496 e. The van der Waals surface area contributed by atoms with Crippen LogP contribution in [0.15, 0.2) is 42.5 Å². The maximum absolute atomic E-state index is 13.0. The number of rotatable bonds is 6. The van der Waals surface area contributed by atoms with E-state index >= 15 is 0 Å². The molecule has 1 unspecified atom stereocenters. The fraction of sp³-hybridized carbons (Fsp3) is 0.304. The molecule has 0 fully saturated rings. The van der Waals surface area contributed by atoms with Crippen molar-refractivity contribution in [1.82, 2.24) is 10.3 Å². The second-order valence-corrected chi connectivity index (χ2v) is 7.23. The Labute approximate surface area is 177 Å². The summed E-state index contributed by atoms with van der Waals surface area (Å²) in [4.78, 5) is 17.1. The molecule has 31 heavy (non-hydrogen) atoms. The summed E-state index contributed by atoms with van der Waals surface area (Å²) in [6.45, 7) is 3.28. The first-order chi connectivity index (χ1) is 14.7. The van der Waals surface area contributed by atoms with Gasteiger partial charge in [-0.3, -0.25) is 4.79 Å². The SMILES string of the molecule is CCC(CO)NC(=O)c1ccc2c(OC)cc(-c3ccc(C(F)(F)F)cc3C)nc2c1. The van der Waals surface area contributed by atoms with Gasteiger partial charge in [-0.2, -0.15) is 13.2 Å². The molecule has 0 bridgehead atoms. The number of amides is 1. The fourth-order valence-electron chi connectivity index (χ4n) is 3.32. The number of alkyl halides is 3. The Bertz CT molecular complexity index is 1110. The van der Waals surface area contributed by atoms with Crippen LogP contribution in [0.25, 0.3) is 22.2 Å². The van der Waals surface area contributed by atoms with Crippen LogP contribution in [0.1, 0.15) is 34.8 Å².